The van der Waals surface area contributed by atoms with Crippen molar-refractivity contribution < 1.29 is 38.4 Å². The monoisotopic (exact) mass is 578 g/mol. The topological polar surface area (TPSA) is 124 Å². The fourth-order valence-corrected chi connectivity index (χ4v) is 5.34. The van der Waals surface area contributed by atoms with Crippen LogP contribution >= 0.6 is 11.3 Å². The predicted molar refractivity (Wildman–Crippen MR) is 154 cm³/mol. The van der Waals surface area contributed by atoms with Gasteiger partial charge in [-0.15, -0.1) is 0 Å². The molecule has 1 atom stereocenters. The molecule has 10 nitrogen and oxygen atoms in total. The number of Topliss-reactive ketones (excluding diaryl/α,β-unsaturated/α-hetero) is 1. The van der Waals surface area contributed by atoms with E-state index in [1.807, 2.05) is 6.92 Å². The van der Waals surface area contributed by atoms with E-state index in [4.69, 9.17) is 18.9 Å². The van der Waals surface area contributed by atoms with Crippen LogP contribution in [-0.2, 0) is 14.3 Å². The number of aryl methyl sites for hydroxylation is 1. The second-order valence-electron chi connectivity index (χ2n) is 8.77. The Kier molecular flexibility index (Phi) is 9.08. The van der Waals surface area contributed by atoms with Crippen molar-refractivity contribution in [2.24, 2.45) is 0 Å². The molecule has 0 bridgehead atoms. The Morgan fingerprint density at radius 3 is 2.46 bits per heavy atom. The first-order valence-corrected chi connectivity index (χ1v) is 13.7. The van der Waals surface area contributed by atoms with Gasteiger partial charge < -0.3 is 24.1 Å². The number of ketones is 1. The van der Waals surface area contributed by atoms with Gasteiger partial charge >= 0.3 is 11.9 Å². The number of methoxy groups -OCH3 is 1. The third-order valence-corrected chi connectivity index (χ3v) is 7.34. The molecule has 1 aliphatic heterocycles. The maximum Gasteiger partial charge on any atom is 0.350 e. The summed E-state index contributed by atoms with van der Waals surface area (Å²) in [5.74, 6) is -1.38. The summed E-state index contributed by atoms with van der Waals surface area (Å²) in [4.78, 5) is 45.5. The van der Waals surface area contributed by atoms with Gasteiger partial charge in [-0.25, -0.2) is 9.78 Å². The van der Waals surface area contributed by atoms with Crippen LogP contribution in [0.25, 0.3) is 5.76 Å². The van der Waals surface area contributed by atoms with Crippen LogP contribution < -0.4 is 19.1 Å². The van der Waals surface area contributed by atoms with E-state index in [-0.39, 0.29) is 34.6 Å². The van der Waals surface area contributed by atoms with E-state index in [9.17, 15) is 19.5 Å². The smallest absolute Gasteiger partial charge is 0.350 e. The van der Waals surface area contributed by atoms with Gasteiger partial charge in [-0.3, -0.25) is 14.5 Å². The number of nitrogens with zero attached hydrogens (tertiary/aromatic N) is 2. The average molecular weight is 579 g/mol. The molecule has 1 aliphatic rings. The Bertz CT molecular complexity index is 1510. The minimum Gasteiger partial charge on any atom is -0.507 e. The average Bonchev–Trinajstić information content (AvgIpc) is 3.48. The van der Waals surface area contributed by atoms with Crippen LogP contribution in [0.4, 0.5) is 5.13 Å². The largest absolute Gasteiger partial charge is 0.507 e. The lowest BCUT2D eigenvalue weighted by Crippen LogP contribution is -2.29. The van der Waals surface area contributed by atoms with Crippen LogP contribution in [0, 0.1) is 6.92 Å². The number of carbonyl (C=O) groups excluding carboxylic acids is 3. The minimum absolute atomic E-state index is 0.108. The Morgan fingerprint density at radius 1 is 1.10 bits per heavy atom. The lowest BCUT2D eigenvalue weighted by Gasteiger charge is -2.24. The number of aromatic nitrogens is 1. The van der Waals surface area contributed by atoms with Crippen molar-refractivity contribution in [2.45, 2.75) is 26.8 Å². The Labute approximate surface area is 241 Å². The number of hydrogen-bond donors (Lipinski definition) is 1. The van der Waals surface area contributed by atoms with Crippen LogP contribution in [0.1, 0.15) is 46.4 Å². The molecule has 214 valence electrons. The van der Waals surface area contributed by atoms with Gasteiger partial charge in [-0.2, -0.15) is 0 Å². The summed E-state index contributed by atoms with van der Waals surface area (Å²) in [5.41, 5.74) is 0.974. The molecule has 4 rings (SSSR count). The van der Waals surface area contributed by atoms with E-state index in [1.165, 1.54) is 12.0 Å². The van der Waals surface area contributed by atoms with Gasteiger partial charge in [0.15, 0.2) is 16.6 Å². The van der Waals surface area contributed by atoms with Crippen molar-refractivity contribution in [1.29, 1.82) is 0 Å². The summed E-state index contributed by atoms with van der Waals surface area (Å²) in [7, 11) is 1.51. The first-order valence-electron chi connectivity index (χ1n) is 12.9. The van der Waals surface area contributed by atoms with E-state index in [2.05, 4.69) is 11.6 Å². The molecule has 0 spiro atoms. The highest BCUT2D eigenvalue weighted by atomic mass is 32.1. The standard InChI is InChI=1S/C30H30N2O8S/c1-6-15-40-21-14-11-19(16-22(21)38-7-2)24-23(25(33)18-9-12-20(37-5)13-10-18)26(34)28(35)32(24)30-31-17(4)27(41-30)29(36)39-8-3/h6,9-14,16,24,33H,1,7-8,15H2,2-5H3. The SMILES string of the molecule is C=CCOc1ccc(C2C(=C(O)c3ccc(OC)cc3)C(=O)C(=O)N2c2nc(C)c(C(=O)OCC)s2)cc1OCC. The van der Waals surface area contributed by atoms with E-state index >= 15 is 0 Å². The number of amides is 1. The maximum absolute atomic E-state index is 13.6. The number of aliphatic hydroxyl groups is 1. The zero-order valence-electron chi connectivity index (χ0n) is 23.1. The third kappa shape index (κ3) is 5.80. The number of esters is 1. The van der Waals surface area contributed by atoms with Crippen LogP contribution in [0.15, 0.2) is 60.7 Å². The van der Waals surface area contributed by atoms with Gasteiger partial charge in [0, 0.05) is 5.56 Å². The molecule has 1 amide bonds. The fraction of sp³-hybridized carbons (Fsp3) is 0.267. The van der Waals surface area contributed by atoms with Crippen LogP contribution in [0.5, 0.6) is 17.2 Å². The van der Waals surface area contributed by atoms with E-state index < -0.39 is 23.7 Å². The highest BCUT2D eigenvalue weighted by Gasteiger charge is 2.48. The molecule has 1 aromatic heterocycles. The Hall–Kier alpha value is -4.64. The molecule has 2 aromatic carbocycles. The molecule has 1 fully saturated rings. The highest BCUT2D eigenvalue weighted by Crippen LogP contribution is 2.45. The molecule has 0 radical (unpaired) electrons. The summed E-state index contributed by atoms with van der Waals surface area (Å²) in [6.45, 7) is 9.52. The summed E-state index contributed by atoms with van der Waals surface area (Å²) >= 11 is 0.932. The number of anilines is 1. The molecule has 41 heavy (non-hydrogen) atoms. The van der Waals surface area contributed by atoms with Crippen molar-refractivity contribution in [3.05, 3.63) is 82.4 Å². The second-order valence-corrected chi connectivity index (χ2v) is 9.75. The lowest BCUT2D eigenvalue weighted by atomic mass is 9.95. The first kappa shape index (κ1) is 29.3. The third-order valence-electron chi connectivity index (χ3n) is 6.20. The minimum atomic E-state index is -1.09. The van der Waals surface area contributed by atoms with E-state index in [1.54, 1.807) is 62.4 Å². The molecule has 0 aliphatic carbocycles. The Balaban J connectivity index is 1.92. The predicted octanol–water partition coefficient (Wildman–Crippen LogP) is 5.23. The summed E-state index contributed by atoms with van der Waals surface area (Å²) < 4.78 is 21.9. The molecular formula is C30H30N2O8S. The summed E-state index contributed by atoms with van der Waals surface area (Å²) in [6.07, 6.45) is 1.60. The summed E-state index contributed by atoms with van der Waals surface area (Å²) in [5, 5.41) is 11.5. The molecule has 1 unspecified atom stereocenters. The van der Waals surface area contributed by atoms with Crippen LogP contribution in [-0.4, -0.2) is 54.7 Å². The van der Waals surface area contributed by atoms with Crippen LogP contribution in [0.3, 0.4) is 0 Å². The van der Waals surface area contributed by atoms with Gasteiger partial charge in [0.05, 0.1) is 37.6 Å². The molecule has 1 N–H and O–H groups in total. The summed E-state index contributed by atoms with van der Waals surface area (Å²) in [6, 6.07) is 10.3. The van der Waals surface area contributed by atoms with Crippen molar-refractivity contribution in [1.82, 2.24) is 4.98 Å². The van der Waals surface area contributed by atoms with E-state index in [0.717, 1.165) is 11.3 Å². The number of rotatable bonds is 11. The normalized spacial score (nSPS) is 16.0. The van der Waals surface area contributed by atoms with E-state index in [0.29, 0.717) is 40.7 Å². The number of thiazole rings is 1. The highest BCUT2D eigenvalue weighted by molar-refractivity contribution is 7.17. The number of aliphatic hydroxyl groups excluding tert-OH is 1. The number of hydrogen-bond acceptors (Lipinski definition) is 10. The quantitative estimate of drug-likeness (QED) is 0.107. The molecular weight excluding hydrogens is 548 g/mol. The first-order chi connectivity index (χ1) is 19.7. The van der Waals surface area contributed by atoms with Crippen molar-refractivity contribution >= 4 is 39.9 Å². The van der Waals surface area contributed by atoms with Gasteiger partial charge in [0.2, 0.25) is 0 Å². The number of carbonyl (C=O) groups is 3. The van der Waals surface area contributed by atoms with Crippen LogP contribution in [0.2, 0.25) is 0 Å². The second kappa shape index (κ2) is 12.7. The Morgan fingerprint density at radius 2 is 1.83 bits per heavy atom. The number of benzene rings is 2. The molecule has 11 heteroatoms. The maximum atomic E-state index is 13.6. The van der Waals surface area contributed by atoms with Crippen molar-refractivity contribution in [3.8, 4) is 17.2 Å². The van der Waals surface area contributed by atoms with Gasteiger partial charge in [0.25, 0.3) is 5.78 Å². The molecule has 1 saturated heterocycles. The zero-order chi connectivity index (χ0) is 29.7. The molecule has 0 saturated carbocycles. The number of ether oxygens (including phenoxy) is 4. The molecule has 2 heterocycles. The van der Waals surface area contributed by atoms with Crippen molar-refractivity contribution in [3.63, 3.8) is 0 Å². The van der Waals surface area contributed by atoms with Gasteiger partial charge in [0.1, 0.15) is 23.0 Å². The zero-order valence-corrected chi connectivity index (χ0v) is 23.9. The van der Waals surface area contributed by atoms with Gasteiger partial charge in [-0.05, 0) is 62.7 Å². The molecule has 3 aromatic rings. The fourth-order valence-electron chi connectivity index (χ4n) is 4.35. The van der Waals surface area contributed by atoms with Crippen molar-refractivity contribution in [2.75, 3.05) is 31.8 Å². The van der Waals surface area contributed by atoms with Gasteiger partial charge in [-0.1, -0.05) is 30.1 Å². The lowest BCUT2D eigenvalue weighted by molar-refractivity contribution is -0.132.